The van der Waals surface area contributed by atoms with Crippen molar-refractivity contribution in [2.75, 3.05) is 6.61 Å². The number of nitrogens with zero attached hydrogens (tertiary/aromatic N) is 2. The Bertz CT molecular complexity index is 210. The molecule has 1 rings (SSSR count). The van der Waals surface area contributed by atoms with Gasteiger partial charge in [-0.1, -0.05) is 0 Å². The quantitative estimate of drug-likeness (QED) is 0.578. The maximum Gasteiger partial charge on any atom is 0.355 e. The number of azo groups is 1. The first-order chi connectivity index (χ1) is 5.19. The largest absolute Gasteiger partial charge is 0.463 e. The summed E-state index contributed by atoms with van der Waals surface area (Å²) < 4.78 is 4.66. The second-order valence-electron chi connectivity index (χ2n) is 2.08. The first-order valence-corrected chi connectivity index (χ1v) is 3.25. The predicted molar refractivity (Wildman–Crippen MR) is 37.5 cm³/mol. The Morgan fingerprint density at radius 2 is 2.55 bits per heavy atom. The second kappa shape index (κ2) is 2.79. The fourth-order valence-corrected chi connectivity index (χ4v) is 0.665. The maximum absolute atomic E-state index is 11.0. The molecule has 0 spiro atoms. The van der Waals surface area contributed by atoms with Gasteiger partial charge >= 0.3 is 5.97 Å². The number of esters is 1. The molecule has 1 atom stereocenters. The number of hydrogen-bond donors (Lipinski definition) is 1. The number of carbonyl (C=O) groups is 1. The van der Waals surface area contributed by atoms with Crippen LogP contribution in [0.3, 0.4) is 0 Å². The molecule has 0 aromatic heterocycles. The van der Waals surface area contributed by atoms with Crippen LogP contribution < -0.4 is 5.73 Å². The molecule has 60 valence electrons. The highest BCUT2D eigenvalue weighted by Gasteiger charge is 2.34. The van der Waals surface area contributed by atoms with E-state index in [0.717, 1.165) is 0 Å². The van der Waals surface area contributed by atoms with Crippen molar-refractivity contribution in [3.05, 3.63) is 12.3 Å². The van der Waals surface area contributed by atoms with E-state index in [9.17, 15) is 4.79 Å². The molecule has 11 heavy (non-hydrogen) atoms. The van der Waals surface area contributed by atoms with Crippen molar-refractivity contribution in [1.29, 1.82) is 0 Å². The van der Waals surface area contributed by atoms with Gasteiger partial charge in [0.05, 0.1) is 6.61 Å². The Morgan fingerprint density at radius 3 is 3.00 bits per heavy atom. The molecule has 0 aromatic rings. The SMILES string of the molecule is CCOC(=O)C1(N)C=CN=N1. The summed E-state index contributed by atoms with van der Waals surface area (Å²) in [6.45, 7) is 2.00. The van der Waals surface area contributed by atoms with Crippen LogP contribution in [-0.4, -0.2) is 18.2 Å². The van der Waals surface area contributed by atoms with E-state index < -0.39 is 11.6 Å². The summed E-state index contributed by atoms with van der Waals surface area (Å²) in [6.07, 6.45) is 2.77. The highest BCUT2D eigenvalue weighted by Crippen LogP contribution is 2.14. The molecule has 0 aromatic carbocycles. The smallest absolute Gasteiger partial charge is 0.355 e. The van der Waals surface area contributed by atoms with Gasteiger partial charge in [-0.05, 0) is 13.0 Å². The molecule has 1 unspecified atom stereocenters. The molecule has 0 saturated carbocycles. The third-order valence-corrected chi connectivity index (χ3v) is 1.22. The van der Waals surface area contributed by atoms with Crippen LogP contribution in [0, 0.1) is 0 Å². The summed E-state index contributed by atoms with van der Waals surface area (Å²) >= 11 is 0. The summed E-state index contributed by atoms with van der Waals surface area (Å²) in [7, 11) is 0. The average Bonchev–Trinajstić information content (AvgIpc) is 2.38. The molecule has 1 heterocycles. The maximum atomic E-state index is 11.0. The van der Waals surface area contributed by atoms with Crippen LogP contribution in [0.1, 0.15) is 6.92 Å². The van der Waals surface area contributed by atoms with Crippen molar-refractivity contribution in [3.63, 3.8) is 0 Å². The summed E-state index contributed by atoms with van der Waals surface area (Å²) in [5.41, 5.74) is 4.09. The van der Waals surface area contributed by atoms with E-state index in [-0.39, 0.29) is 0 Å². The third kappa shape index (κ3) is 1.43. The topological polar surface area (TPSA) is 77.0 Å². The van der Waals surface area contributed by atoms with E-state index in [1.54, 1.807) is 6.92 Å². The van der Waals surface area contributed by atoms with Gasteiger partial charge in [0.15, 0.2) is 0 Å². The lowest BCUT2D eigenvalue weighted by molar-refractivity contribution is -0.147. The van der Waals surface area contributed by atoms with E-state index in [0.29, 0.717) is 6.61 Å². The minimum atomic E-state index is -1.38. The van der Waals surface area contributed by atoms with Gasteiger partial charge < -0.3 is 4.74 Å². The van der Waals surface area contributed by atoms with Crippen molar-refractivity contribution in [3.8, 4) is 0 Å². The molecule has 1 aliphatic heterocycles. The summed E-state index contributed by atoms with van der Waals surface area (Å²) in [5, 5.41) is 6.96. The van der Waals surface area contributed by atoms with Gasteiger partial charge in [0.1, 0.15) is 0 Å². The number of nitrogens with two attached hydrogens (primary N) is 1. The third-order valence-electron chi connectivity index (χ3n) is 1.22. The van der Waals surface area contributed by atoms with Gasteiger partial charge in [0.2, 0.25) is 5.66 Å². The standard InChI is InChI=1S/C6H9N3O2/c1-2-11-5(10)6(7)3-4-8-9-6/h3-4H,2,7H2,1H3. The van der Waals surface area contributed by atoms with Crippen LogP contribution in [0.4, 0.5) is 0 Å². The van der Waals surface area contributed by atoms with Crippen molar-refractivity contribution < 1.29 is 9.53 Å². The summed E-state index contributed by atoms with van der Waals surface area (Å²) in [6, 6.07) is 0. The molecule has 0 fully saturated rings. The van der Waals surface area contributed by atoms with Crippen LogP contribution in [0.25, 0.3) is 0 Å². The van der Waals surface area contributed by atoms with Crippen molar-refractivity contribution >= 4 is 5.97 Å². The lowest BCUT2D eigenvalue weighted by atomic mass is 10.2. The van der Waals surface area contributed by atoms with Crippen LogP contribution in [-0.2, 0) is 9.53 Å². The van der Waals surface area contributed by atoms with Crippen LogP contribution in [0.5, 0.6) is 0 Å². The lowest BCUT2D eigenvalue weighted by Gasteiger charge is -2.13. The van der Waals surface area contributed by atoms with Crippen molar-refractivity contribution in [2.24, 2.45) is 16.0 Å². The summed E-state index contributed by atoms with van der Waals surface area (Å²) in [4.78, 5) is 11.0. The van der Waals surface area contributed by atoms with Crippen molar-refractivity contribution in [1.82, 2.24) is 0 Å². The van der Waals surface area contributed by atoms with E-state index in [2.05, 4.69) is 15.0 Å². The van der Waals surface area contributed by atoms with Crippen LogP contribution in [0.2, 0.25) is 0 Å². The molecule has 2 N–H and O–H groups in total. The molecule has 0 amide bonds. The first kappa shape index (κ1) is 7.87. The molecule has 1 aliphatic rings. The van der Waals surface area contributed by atoms with Gasteiger partial charge in [0.25, 0.3) is 0 Å². The minimum absolute atomic E-state index is 0.293. The van der Waals surface area contributed by atoms with Gasteiger partial charge in [-0.15, -0.1) is 5.11 Å². The second-order valence-corrected chi connectivity index (χ2v) is 2.08. The Hall–Kier alpha value is -1.23. The molecule has 0 saturated heterocycles. The van der Waals surface area contributed by atoms with Gasteiger partial charge in [-0.2, -0.15) is 5.11 Å². The fraction of sp³-hybridized carbons (Fsp3) is 0.500. The Labute approximate surface area is 63.9 Å². The molecular formula is C6H9N3O2. The lowest BCUT2D eigenvalue weighted by Crippen LogP contribution is -2.44. The number of ether oxygens (including phenoxy) is 1. The van der Waals surface area contributed by atoms with Gasteiger partial charge in [0, 0.05) is 6.20 Å². The van der Waals surface area contributed by atoms with E-state index in [1.165, 1.54) is 12.3 Å². The number of carbonyl (C=O) groups excluding carboxylic acids is 1. The zero-order valence-electron chi connectivity index (χ0n) is 6.15. The van der Waals surface area contributed by atoms with Crippen molar-refractivity contribution in [2.45, 2.75) is 12.6 Å². The van der Waals surface area contributed by atoms with E-state index in [4.69, 9.17) is 5.73 Å². The molecule has 5 heteroatoms. The number of rotatable bonds is 2. The Morgan fingerprint density at radius 1 is 1.82 bits per heavy atom. The molecular weight excluding hydrogens is 146 g/mol. The monoisotopic (exact) mass is 155 g/mol. The first-order valence-electron chi connectivity index (χ1n) is 3.25. The van der Waals surface area contributed by atoms with Gasteiger partial charge in [-0.3, -0.25) is 5.73 Å². The fourth-order valence-electron chi connectivity index (χ4n) is 0.665. The Balaban J connectivity index is 2.65. The van der Waals surface area contributed by atoms with Gasteiger partial charge in [-0.25, -0.2) is 4.79 Å². The Kier molecular flexibility index (Phi) is 2.00. The molecule has 0 aliphatic carbocycles. The zero-order chi connectivity index (χ0) is 8.32. The normalized spacial score (nSPS) is 27.5. The minimum Gasteiger partial charge on any atom is -0.463 e. The van der Waals surface area contributed by atoms with E-state index >= 15 is 0 Å². The molecule has 0 radical (unpaired) electrons. The van der Waals surface area contributed by atoms with Crippen LogP contribution in [0.15, 0.2) is 22.5 Å². The average molecular weight is 155 g/mol. The van der Waals surface area contributed by atoms with Crippen LogP contribution >= 0.6 is 0 Å². The zero-order valence-corrected chi connectivity index (χ0v) is 6.15. The molecule has 5 nitrogen and oxygen atoms in total. The molecule has 0 bridgehead atoms. The predicted octanol–water partition coefficient (Wildman–Crippen LogP) is 0.184. The number of hydrogen-bond acceptors (Lipinski definition) is 5. The highest BCUT2D eigenvalue weighted by molar-refractivity contribution is 5.83. The summed E-state index contributed by atoms with van der Waals surface area (Å²) in [5.74, 6) is -0.572. The highest BCUT2D eigenvalue weighted by atomic mass is 16.5. The van der Waals surface area contributed by atoms with E-state index in [1.807, 2.05) is 0 Å².